The maximum absolute atomic E-state index is 12.8. The molecule has 0 bridgehead atoms. The van der Waals surface area contributed by atoms with Crippen LogP contribution in [0.1, 0.15) is 41.7 Å². The molecule has 2 amide bonds. The van der Waals surface area contributed by atoms with E-state index in [1.807, 2.05) is 20.8 Å². The van der Waals surface area contributed by atoms with Crippen LogP contribution in [0.2, 0.25) is 0 Å². The summed E-state index contributed by atoms with van der Waals surface area (Å²) in [7, 11) is 0. The third-order valence-corrected chi connectivity index (χ3v) is 3.68. The quantitative estimate of drug-likeness (QED) is 0.863. The molecule has 0 spiro atoms. The highest BCUT2D eigenvalue weighted by molar-refractivity contribution is 6.09. The molecule has 0 saturated heterocycles. The zero-order chi connectivity index (χ0) is 16.6. The van der Waals surface area contributed by atoms with Gasteiger partial charge in [0, 0.05) is 13.1 Å². The highest BCUT2D eigenvalue weighted by Gasteiger charge is 2.28. The second-order valence-corrected chi connectivity index (χ2v) is 6.41. The minimum absolute atomic E-state index is 0.129. The van der Waals surface area contributed by atoms with Crippen LogP contribution < -0.4 is 10.2 Å². The highest BCUT2D eigenvalue weighted by Crippen LogP contribution is 2.23. The summed E-state index contributed by atoms with van der Waals surface area (Å²) in [5.74, 6) is -0.356. The third-order valence-electron chi connectivity index (χ3n) is 3.68. The van der Waals surface area contributed by atoms with E-state index >= 15 is 0 Å². The lowest BCUT2D eigenvalue weighted by Gasteiger charge is -2.21. The SMILES string of the molecule is CC(C)(C)n1cnc(C(=O)N2CCNC(=O)c3ccccc32)n1. The fourth-order valence-electron chi connectivity index (χ4n) is 2.41. The number of benzene rings is 1. The summed E-state index contributed by atoms with van der Waals surface area (Å²) in [5.41, 5.74) is 0.813. The van der Waals surface area contributed by atoms with Crippen LogP contribution in [0, 0.1) is 0 Å². The van der Waals surface area contributed by atoms with Crippen LogP contribution in [-0.4, -0.2) is 39.7 Å². The zero-order valence-electron chi connectivity index (χ0n) is 13.4. The number of hydrogen-bond acceptors (Lipinski definition) is 4. The Labute approximate surface area is 134 Å². The number of amides is 2. The number of anilines is 1. The van der Waals surface area contributed by atoms with Crippen LogP contribution in [0.3, 0.4) is 0 Å². The molecule has 3 rings (SSSR count). The number of carbonyl (C=O) groups is 2. The van der Waals surface area contributed by atoms with Gasteiger partial charge in [-0.2, -0.15) is 0 Å². The van der Waals surface area contributed by atoms with Gasteiger partial charge >= 0.3 is 0 Å². The number of fused-ring (bicyclic) bond motifs is 1. The molecule has 1 aromatic heterocycles. The molecule has 1 aromatic carbocycles. The van der Waals surface area contributed by atoms with Crippen LogP contribution in [0.4, 0.5) is 5.69 Å². The van der Waals surface area contributed by atoms with E-state index < -0.39 is 0 Å². The van der Waals surface area contributed by atoms with Crippen molar-refractivity contribution >= 4 is 17.5 Å². The van der Waals surface area contributed by atoms with Crippen molar-refractivity contribution in [3.8, 4) is 0 Å². The fourth-order valence-corrected chi connectivity index (χ4v) is 2.41. The van der Waals surface area contributed by atoms with Crippen LogP contribution in [0.15, 0.2) is 30.6 Å². The van der Waals surface area contributed by atoms with Crippen molar-refractivity contribution in [2.45, 2.75) is 26.3 Å². The Balaban J connectivity index is 1.97. The molecular weight excluding hydrogens is 294 g/mol. The number of hydrogen-bond donors (Lipinski definition) is 1. The lowest BCUT2D eigenvalue weighted by Crippen LogP contribution is -2.36. The summed E-state index contributed by atoms with van der Waals surface area (Å²) >= 11 is 0. The Bertz CT molecular complexity index is 760. The number of aromatic nitrogens is 3. The van der Waals surface area contributed by atoms with Crippen molar-refractivity contribution in [1.29, 1.82) is 0 Å². The van der Waals surface area contributed by atoms with Crippen molar-refractivity contribution in [2.24, 2.45) is 0 Å². The van der Waals surface area contributed by atoms with E-state index in [-0.39, 0.29) is 23.2 Å². The normalized spacial score (nSPS) is 14.9. The molecule has 7 heteroatoms. The van der Waals surface area contributed by atoms with Crippen LogP contribution in [-0.2, 0) is 5.54 Å². The van der Waals surface area contributed by atoms with Gasteiger partial charge in [-0.25, -0.2) is 9.67 Å². The van der Waals surface area contributed by atoms with Gasteiger partial charge < -0.3 is 10.2 Å². The van der Waals surface area contributed by atoms with Gasteiger partial charge in [-0.1, -0.05) is 12.1 Å². The van der Waals surface area contributed by atoms with Gasteiger partial charge in [0.2, 0.25) is 5.82 Å². The number of nitrogens with zero attached hydrogens (tertiary/aromatic N) is 4. The van der Waals surface area contributed by atoms with E-state index in [2.05, 4.69) is 15.4 Å². The number of nitrogens with one attached hydrogen (secondary N) is 1. The largest absolute Gasteiger partial charge is 0.350 e. The minimum atomic E-state index is -0.308. The Hall–Kier alpha value is -2.70. The van der Waals surface area contributed by atoms with E-state index in [9.17, 15) is 9.59 Å². The van der Waals surface area contributed by atoms with Crippen molar-refractivity contribution in [1.82, 2.24) is 20.1 Å². The maximum atomic E-state index is 12.8. The third kappa shape index (κ3) is 2.81. The summed E-state index contributed by atoms with van der Waals surface area (Å²) in [6.07, 6.45) is 1.56. The van der Waals surface area contributed by atoms with Crippen molar-refractivity contribution in [3.63, 3.8) is 0 Å². The first-order valence-corrected chi connectivity index (χ1v) is 7.49. The van der Waals surface area contributed by atoms with Gasteiger partial charge in [0.05, 0.1) is 16.8 Å². The summed E-state index contributed by atoms with van der Waals surface area (Å²) in [4.78, 5) is 30.6. The molecule has 2 aromatic rings. The van der Waals surface area contributed by atoms with Crippen LogP contribution >= 0.6 is 0 Å². The monoisotopic (exact) mass is 313 g/mol. The Morgan fingerprint density at radius 2 is 2.00 bits per heavy atom. The number of rotatable bonds is 1. The summed E-state index contributed by atoms with van der Waals surface area (Å²) < 4.78 is 1.66. The smallest absolute Gasteiger partial charge is 0.298 e. The highest BCUT2D eigenvalue weighted by atomic mass is 16.2. The van der Waals surface area contributed by atoms with Crippen molar-refractivity contribution in [3.05, 3.63) is 42.0 Å². The molecule has 0 unspecified atom stereocenters. The van der Waals surface area contributed by atoms with E-state index in [0.29, 0.717) is 24.3 Å². The van der Waals surface area contributed by atoms with Gasteiger partial charge in [0.25, 0.3) is 11.8 Å². The van der Waals surface area contributed by atoms with E-state index in [4.69, 9.17) is 0 Å². The van der Waals surface area contributed by atoms with Crippen LogP contribution in [0.5, 0.6) is 0 Å². The standard InChI is InChI=1S/C16H19N5O2/c1-16(2,3)21-10-18-13(19-21)15(23)20-9-8-17-14(22)11-6-4-5-7-12(11)20/h4-7,10H,8-9H2,1-3H3,(H,17,22). The molecule has 1 aliphatic heterocycles. The summed E-state index contributed by atoms with van der Waals surface area (Å²) in [6, 6.07) is 7.05. The van der Waals surface area contributed by atoms with Crippen molar-refractivity contribution < 1.29 is 9.59 Å². The van der Waals surface area contributed by atoms with Gasteiger partial charge in [-0.05, 0) is 32.9 Å². The average Bonchev–Trinajstić information content (AvgIpc) is 2.95. The predicted molar refractivity (Wildman–Crippen MR) is 85.5 cm³/mol. The van der Waals surface area contributed by atoms with Gasteiger partial charge in [-0.3, -0.25) is 9.59 Å². The van der Waals surface area contributed by atoms with E-state index in [0.717, 1.165) is 0 Å². The molecule has 0 radical (unpaired) electrons. The first-order valence-electron chi connectivity index (χ1n) is 7.49. The second kappa shape index (κ2) is 5.49. The van der Waals surface area contributed by atoms with Gasteiger partial charge in [0.15, 0.2) is 0 Å². The van der Waals surface area contributed by atoms with E-state index in [1.165, 1.54) is 0 Å². The fraction of sp³-hybridized carbons (Fsp3) is 0.375. The Morgan fingerprint density at radius 3 is 2.70 bits per heavy atom. The topological polar surface area (TPSA) is 80.1 Å². The molecule has 23 heavy (non-hydrogen) atoms. The summed E-state index contributed by atoms with van der Waals surface area (Å²) in [5, 5.41) is 7.08. The van der Waals surface area contributed by atoms with Gasteiger partial charge in [0.1, 0.15) is 6.33 Å². The Kier molecular flexibility index (Phi) is 3.63. The van der Waals surface area contributed by atoms with Crippen LogP contribution in [0.25, 0.3) is 0 Å². The molecule has 0 atom stereocenters. The Morgan fingerprint density at radius 1 is 1.26 bits per heavy atom. The van der Waals surface area contributed by atoms with Gasteiger partial charge in [-0.15, -0.1) is 5.10 Å². The van der Waals surface area contributed by atoms with Crippen molar-refractivity contribution in [2.75, 3.05) is 18.0 Å². The molecule has 0 aliphatic carbocycles. The van der Waals surface area contributed by atoms with E-state index in [1.54, 1.807) is 40.2 Å². The molecule has 1 aliphatic rings. The molecule has 7 nitrogen and oxygen atoms in total. The molecule has 1 N–H and O–H groups in total. The minimum Gasteiger partial charge on any atom is -0.350 e. The molecular formula is C16H19N5O2. The lowest BCUT2D eigenvalue weighted by atomic mass is 10.1. The molecule has 0 fully saturated rings. The first-order chi connectivity index (χ1) is 10.9. The first kappa shape index (κ1) is 15.2. The predicted octanol–water partition coefficient (Wildman–Crippen LogP) is 1.42. The molecule has 0 saturated carbocycles. The average molecular weight is 313 g/mol. The zero-order valence-corrected chi connectivity index (χ0v) is 13.4. The lowest BCUT2D eigenvalue weighted by molar-refractivity contribution is 0.0952. The number of carbonyl (C=O) groups excluding carboxylic acids is 2. The number of para-hydroxylation sites is 1. The molecule has 2 heterocycles. The second-order valence-electron chi connectivity index (χ2n) is 6.41. The molecule has 120 valence electrons. The maximum Gasteiger partial charge on any atom is 0.298 e. The summed E-state index contributed by atoms with van der Waals surface area (Å²) in [6.45, 7) is 6.73.